The first kappa shape index (κ1) is 20.9. The number of nitrogens with zero attached hydrogens (tertiary/aromatic N) is 1. The molecule has 0 bridgehead atoms. The van der Waals surface area contributed by atoms with Crippen LogP contribution in [0.2, 0.25) is 0 Å². The Hall–Kier alpha value is -2.87. The monoisotopic (exact) mass is 415 g/mol. The second-order valence-corrected chi connectivity index (χ2v) is 9.76. The van der Waals surface area contributed by atoms with Gasteiger partial charge in [-0.15, -0.1) is 0 Å². The minimum Gasteiger partial charge on any atom is -0.359 e. The number of carbonyl (C=O) groups excluding carboxylic acids is 2. The zero-order valence-corrected chi connectivity index (χ0v) is 17.3. The molecule has 2 amide bonds. The van der Waals surface area contributed by atoms with Gasteiger partial charge in [0, 0.05) is 13.1 Å². The van der Waals surface area contributed by atoms with Crippen LogP contribution in [0.5, 0.6) is 0 Å². The summed E-state index contributed by atoms with van der Waals surface area (Å²) in [6, 6.07) is 13.8. The second-order valence-electron chi connectivity index (χ2n) is 7.25. The van der Waals surface area contributed by atoms with Gasteiger partial charge < -0.3 is 15.5 Å². The van der Waals surface area contributed by atoms with Gasteiger partial charge in [0.25, 0.3) is 0 Å². The molecule has 154 valence electrons. The molecule has 0 saturated carbocycles. The summed E-state index contributed by atoms with van der Waals surface area (Å²) in [6.45, 7) is 4.76. The minimum absolute atomic E-state index is 0.0474. The van der Waals surface area contributed by atoms with Crippen molar-refractivity contribution in [3.63, 3.8) is 0 Å². The number of anilines is 2. The largest absolute Gasteiger partial charge is 0.359 e. The van der Waals surface area contributed by atoms with Crippen molar-refractivity contribution >= 4 is 33.0 Å². The molecular formula is C21H25N3O4S. The third kappa shape index (κ3) is 4.95. The molecule has 1 aliphatic heterocycles. The molecule has 0 spiro atoms. The van der Waals surface area contributed by atoms with E-state index in [4.69, 9.17) is 0 Å². The van der Waals surface area contributed by atoms with Crippen molar-refractivity contribution in [2.45, 2.75) is 30.4 Å². The van der Waals surface area contributed by atoms with E-state index in [1.165, 1.54) is 12.1 Å². The fourth-order valence-corrected chi connectivity index (χ4v) is 4.21. The van der Waals surface area contributed by atoms with Gasteiger partial charge in [-0.3, -0.25) is 9.59 Å². The van der Waals surface area contributed by atoms with E-state index in [9.17, 15) is 18.0 Å². The lowest BCUT2D eigenvalue weighted by molar-refractivity contribution is -0.120. The van der Waals surface area contributed by atoms with Crippen LogP contribution in [0.4, 0.5) is 11.4 Å². The number of hydrogen-bond donors (Lipinski definition) is 2. The summed E-state index contributed by atoms with van der Waals surface area (Å²) in [5.74, 6) is -0.257. The zero-order chi connectivity index (χ0) is 21.0. The third-order valence-corrected chi connectivity index (χ3v) is 6.96. The molecule has 0 aromatic heterocycles. The predicted molar refractivity (Wildman–Crippen MR) is 113 cm³/mol. The number of sulfone groups is 1. The standard InChI is InChI=1S/C21H25N3O4S/c1-15(2)29(27,28)17-9-7-16(8-10-17)13-20(25)23-18-5-3-4-6-19(18)24-12-11-22-21(26)14-24/h3-10,15H,11-14H2,1-2H3,(H,22,26)(H,23,25). The lowest BCUT2D eigenvalue weighted by Gasteiger charge is -2.30. The van der Waals surface area contributed by atoms with Gasteiger partial charge in [-0.2, -0.15) is 0 Å². The fraction of sp³-hybridized carbons (Fsp3) is 0.333. The maximum Gasteiger partial charge on any atom is 0.239 e. The molecule has 8 heteroatoms. The Morgan fingerprint density at radius 2 is 1.83 bits per heavy atom. The Kier molecular flexibility index (Phi) is 6.22. The Morgan fingerprint density at radius 1 is 1.14 bits per heavy atom. The molecule has 0 atom stereocenters. The SMILES string of the molecule is CC(C)S(=O)(=O)c1ccc(CC(=O)Nc2ccccc2N2CCNC(=O)C2)cc1. The first-order valence-electron chi connectivity index (χ1n) is 9.51. The maximum absolute atomic E-state index is 12.5. The normalized spacial score (nSPS) is 14.6. The van der Waals surface area contributed by atoms with Gasteiger partial charge in [0.2, 0.25) is 11.8 Å². The molecular weight excluding hydrogens is 390 g/mol. The Labute approximate surface area is 171 Å². The van der Waals surface area contributed by atoms with Crippen molar-refractivity contribution in [3.8, 4) is 0 Å². The Bertz CT molecular complexity index is 1000. The first-order chi connectivity index (χ1) is 13.8. The van der Waals surface area contributed by atoms with Crippen molar-refractivity contribution in [2.75, 3.05) is 29.9 Å². The number of hydrogen-bond acceptors (Lipinski definition) is 5. The summed E-state index contributed by atoms with van der Waals surface area (Å²) in [6.07, 6.45) is 0.122. The van der Waals surface area contributed by atoms with Gasteiger partial charge >= 0.3 is 0 Å². The predicted octanol–water partition coefficient (Wildman–Crippen LogP) is 1.99. The van der Waals surface area contributed by atoms with Gasteiger partial charge in [-0.05, 0) is 43.7 Å². The van der Waals surface area contributed by atoms with Crippen LogP contribution in [0.3, 0.4) is 0 Å². The van der Waals surface area contributed by atoms with Crippen LogP contribution in [0, 0.1) is 0 Å². The summed E-state index contributed by atoms with van der Waals surface area (Å²) in [5, 5.41) is 5.19. The van der Waals surface area contributed by atoms with E-state index in [-0.39, 0.29) is 29.7 Å². The minimum atomic E-state index is -3.33. The zero-order valence-electron chi connectivity index (χ0n) is 16.5. The summed E-state index contributed by atoms with van der Waals surface area (Å²) < 4.78 is 24.4. The van der Waals surface area contributed by atoms with E-state index in [0.717, 1.165) is 11.3 Å². The first-order valence-corrected chi connectivity index (χ1v) is 11.1. The quantitative estimate of drug-likeness (QED) is 0.752. The molecule has 0 aliphatic carbocycles. The Balaban J connectivity index is 1.69. The van der Waals surface area contributed by atoms with Crippen molar-refractivity contribution < 1.29 is 18.0 Å². The van der Waals surface area contributed by atoms with Crippen LogP contribution in [-0.4, -0.2) is 45.1 Å². The number of rotatable bonds is 6. The van der Waals surface area contributed by atoms with Crippen LogP contribution in [0.15, 0.2) is 53.4 Å². The van der Waals surface area contributed by atoms with Crippen LogP contribution in [0.1, 0.15) is 19.4 Å². The molecule has 1 fully saturated rings. The average molecular weight is 416 g/mol. The van der Waals surface area contributed by atoms with Gasteiger partial charge in [0.15, 0.2) is 9.84 Å². The smallest absolute Gasteiger partial charge is 0.239 e. The van der Waals surface area contributed by atoms with E-state index in [1.54, 1.807) is 32.0 Å². The van der Waals surface area contributed by atoms with Crippen molar-refractivity contribution in [1.29, 1.82) is 0 Å². The number of carbonyl (C=O) groups is 2. The molecule has 0 unspecified atom stereocenters. The van der Waals surface area contributed by atoms with E-state index in [1.807, 2.05) is 23.1 Å². The highest BCUT2D eigenvalue weighted by Crippen LogP contribution is 2.26. The molecule has 3 rings (SSSR count). The summed E-state index contributed by atoms with van der Waals surface area (Å²) in [5.41, 5.74) is 2.17. The number of para-hydroxylation sites is 2. The fourth-order valence-electron chi connectivity index (χ4n) is 3.15. The molecule has 2 aromatic carbocycles. The number of nitrogens with one attached hydrogen (secondary N) is 2. The Morgan fingerprint density at radius 3 is 2.48 bits per heavy atom. The molecule has 2 aromatic rings. The lowest BCUT2D eigenvalue weighted by Crippen LogP contribution is -2.47. The summed E-state index contributed by atoms with van der Waals surface area (Å²) >= 11 is 0. The highest BCUT2D eigenvalue weighted by atomic mass is 32.2. The summed E-state index contributed by atoms with van der Waals surface area (Å²) in [7, 11) is -3.33. The average Bonchev–Trinajstić information content (AvgIpc) is 2.68. The molecule has 29 heavy (non-hydrogen) atoms. The number of amides is 2. The summed E-state index contributed by atoms with van der Waals surface area (Å²) in [4.78, 5) is 26.4. The van der Waals surface area contributed by atoms with Gasteiger partial charge in [0.1, 0.15) is 0 Å². The molecule has 0 radical (unpaired) electrons. The van der Waals surface area contributed by atoms with Crippen molar-refractivity contribution in [2.24, 2.45) is 0 Å². The highest BCUT2D eigenvalue weighted by Gasteiger charge is 2.20. The van der Waals surface area contributed by atoms with E-state index in [0.29, 0.717) is 18.8 Å². The molecule has 2 N–H and O–H groups in total. The van der Waals surface area contributed by atoms with Gasteiger partial charge in [-0.1, -0.05) is 24.3 Å². The number of benzene rings is 2. The van der Waals surface area contributed by atoms with Crippen LogP contribution in [0.25, 0.3) is 0 Å². The van der Waals surface area contributed by atoms with Gasteiger partial charge in [0.05, 0.1) is 34.5 Å². The van der Waals surface area contributed by atoms with E-state index >= 15 is 0 Å². The maximum atomic E-state index is 12.5. The lowest BCUT2D eigenvalue weighted by atomic mass is 10.1. The van der Waals surface area contributed by atoms with Crippen molar-refractivity contribution in [1.82, 2.24) is 5.32 Å². The van der Waals surface area contributed by atoms with Gasteiger partial charge in [-0.25, -0.2) is 8.42 Å². The molecule has 1 aliphatic rings. The third-order valence-electron chi connectivity index (χ3n) is 4.79. The van der Waals surface area contributed by atoms with Crippen LogP contribution >= 0.6 is 0 Å². The molecule has 7 nitrogen and oxygen atoms in total. The van der Waals surface area contributed by atoms with E-state index in [2.05, 4.69) is 10.6 Å². The molecule has 1 saturated heterocycles. The van der Waals surface area contributed by atoms with E-state index < -0.39 is 15.1 Å². The molecule has 1 heterocycles. The second kappa shape index (κ2) is 8.65. The van der Waals surface area contributed by atoms with Crippen LogP contribution < -0.4 is 15.5 Å². The highest BCUT2D eigenvalue weighted by molar-refractivity contribution is 7.92. The topological polar surface area (TPSA) is 95.6 Å². The van der Waals surface area contributed by atoms with Crippen LogP contribution in [-0.2, 0) is 25.8 Å². The number of piperazine rings is 1. The van der Waals surface area contributed by atoms with Crippen molar-refractivity contribution in [3.05, 3.63) is 54.1 Å².